The molecule has 0 unspecified atom stereocenters. The van der Waals surface area contributed by atoms with E-state index in [9.17, 15) is 24.0 Å². The minimum absolute atomic E-state index is 0.0347. The Bertz CT molecular complexity index is 3930. The first-order chi connectivity index (χ1) is 36.3. The van der Waals surface area contributed by atoms with Crippen LogP contribution < -0.4 is 16.3 Å². The molecule has 10 aromatic carbocycles. The predicted octanol–water partition coefficient (Wildman–Crippen LogP) is 14.8. The van der Waals surface area contributed by atoms with Gasteiger partial charge in [-0.05, 0) is 101 Å². The summed E-state index contributed by atoms with van der Waals surface area (Å²) in [6.45, 7) is 0. The number of hydrogen-bond donors (Lipinski definition) is 1. The zero-order valence-electron chi connectivity index (χ0n) is 39.7. The van der Waals surface area contributed by atoms with Crippen molar-refractivity contribution in [3.63, 3.8) is 0 Å². The Labute approximate surface area is 427 Å². The fourth-order valence-electron chi connectivity index (χ4n) is 9.49. The summed E-state index contributed by atoms with van der Waals surface area (Å²) in [5.41, 5.74) is 11.1. The number of rotatable bonds is 0. The van der Waals surface area contributed by atoms with Crippen LogP contribution in [0.1, 0.15) is 43.0 Å². The Morgan fingerprint density at radius 3 is 1.08 bits per heavy atom. The van der Waals surface area contributed by atoms with Gasteiger partial charge in [0.25, 0.3) is 0 Å². The van der Waals surface area contributed by atoms with Crippen molar-refractivity contribution >= 4 is 86.8 Å². The number of fused-ring (bicyclic) bond motifs is 11. The van der Waals surface area contributed by atoms with Crippen molar-refractivity contribution in [2.45, 2.75) is 6.42 Å². The molecule has 0 saturated heterocycles. The van der Waals surface area contributed by atoms with Crippen molar-refractivity contribution in [1.29, 1.82) is 0 Å². The second-order valence-electron chi connectivity index (χ2n) is 17.6. The highest BCUT2D eigenvalue weighted by Gasteiger charge is 2.25. The van der Waals surface area contributed by atoms with Crippen LogP contribution in [0, 0.1) is 0 Å². The molecule has 3 aromatic heterocycles. The molecule has 0 bridgehead atoms. The second kappa shape index (κ2) is 20.6. The predicted molar refractivity (Wildman–Crippen MR) is 302 cm³/mol. The summed E-state index contributed by atoms with van der Waals surface area (Å²) >= 11 is 1.67. The normalized spacial score (nSPS) is 11.7. The molecule has 354 valence electrons. The van der Waals surface area contributed by atoms with Crippen LogP contribution in [0.3, 0.4) is 0 Å². The van der Waals surface area contributed by atoms with Gasteiger partial charge in [-0.1, -0.05) is 170 Å². The first kappa shape index (κ1) is 46.7. The molecule has 1 N–H and O–H groups in total. The lowest BCUT2D eigenvalue weighted by molar-refractivity contribution is 0.103. The minimum Gasteiger partial charge on any atom is -0.456 e. The van der Waals surface area contributed by atoms with Gasteiger partial charge in [0.05, 0.1) is 10.8 Å². The van der Waals surface area contributed by atoms with Gasteiger partial charge in [0.15, 0.2) is 22.4 Å². The maximum atomic E-state index is 12.1. The van der Waals surface area contributed by atoms with Crippen molar-refractivity contribution in [3.8, 4) is 11.1 Å². The lowest BCUT2D eigenvalue weighted by atomic mass is 9.85. The maximum absolute atomic E-state index is 12.1. The molecule has 8 heteroatoms. The molecule has 3 heterocycles. The molecule has 0 fully saturated rings. The van der Waals surface area contributed by atoms with Crippen LogP contribution in [0.4, 0.5) is 0 Å². The minimum atomic E-state index is 0.0347. The molecule has 0 amide bonds. The molecule has 0 atom stereocenters. The summed E-state index contributed by atoms with van der Waals surface area (Å²) in [7, 11) is 0. The summed E-state index contributed by atoms with van der Waals surface area (Å²) in [6.07, 6.45) is 0.873. The van der Waals surface area contributed by atoms with Gasteiger partial charge in [-0.2, -0.15) is 0 Å². The number of carbonyl (C=O) groups excluding carboxylic acids is 2. The largest absolute Gasteiger partial charge is 0.456 e. The van der Waals surface area contributed by atoms with Crippen LogP contribution >= 0.6 is 11.3 Å². The molecule has 2 aliphatic rings. The van der Waals surface area contributed by atoms with E-state index in [1.54, 1.807) is 23.5 Å². The van der Waals surface area contributed by atoms with Crippen LogP contribution in [0.25, 0.3) is 75.0 Å². The van der Waals surface area contributed by atoms with Crippen molar-refractivity contribution in [2.75, 3.05) is 0 Å². The summed E-state index contributed by atoms with van der Waals surface area (Å²) < 4.78 is 7.74. The molecule has 2 aliphatic carbocycles. The van der Waals surface area contributed by atoms with E-state index in [-0.39, 0.29) is 27.9 Å². The number of aromatic amines is 1. The van der Waals surface area contributed by atoms with Gasteiger partial charge in [-0.15, -0.1) is 11.3 Å². The Morgan fingerprint density at radius 2 is 0.608 bits per heavy atom. The van der Waals surface area contributed by atoms with E-state index in [0.29, 0.717) is 21.9 Å². The number of aromatic nitrogens is 1. The number of hydrogen-bond acceptors (Lipinski definition) is 7. The van der Waals surface area contributed by atoms with Gasteiger partial charge in [0.1, 0.15) is 11.2 Å². The van der Waals surface area contributed by atoms with E-state index in [1.807, 2.05) is 231 Å². The number of benzene rings is 10. The standard InChI is InChI=1S/C14H10O.C13H9NO.C13H8O2.C13H8OS.C13H8O/c15-14-12-7-3-1-5-10(12)9-11-6-2-4-8-13(11)14;15-13-9-5-1-3-7-11(9)14-12-8-4-2-6-10(12)13;2*14-13-9-5-1-3-7-11(9)15-12-8-4-2-6-10(12)13;14-13-11-7-3-1-5-9(11)10-6-2-4-8-12(10)13/h1-8H,9H2;1-8H,(H,14,15);2*1-8H;1-8H. The van der Waals surface area contributed by atoms with Crippen molar-refractivity contribution in [2.24, 2.45) is 0 Å². The van der Waals surface area contributed by atoms with E-state index < -0.39 is 0 Å². The molecule has 0 spiro atoms. The summed E-state index contributed by atoms with van der Waals surface area (Å²) in [6, 6.07) is 76.5. The van der Waals surface area contributed by atoms with Crippen LogP contribution in [0.15, 0.2) is 261 Å². The third-order valence-electron chi connectivity index (χ3n) is 13.1. The van der Waals surface area contributed by atoms with Crippen molar-refractivity contribution < 1.29 is 14.0 Å². The van der Waals surface area contributed by atoms with Crippen molar-refractivity contribution in [3.05, 3.63) is 307 Å². The number of para-hydroxylation sites is 4. The van der Waals surface area contributed by atoms with Gasteiger partial charge in [0.2, 0.25) is 5.43 Å². The average Bonchev–Trinajstić information content (AvgIpc) is 3.75. The highest BCUT2D eigenvalue weighted by atomic mass is 32.1. The van der Waals surface area contributed by atoms with Gasteiger partial charge >= 0.3 is 0 Å². The number of pyridine rings is 1. The molecule has 15 rings (SSSR count). The molecular weight excluding hydrogens is 935 g/mol. The highest BCUT2D eigenvalue weighted by molar-refractivity contribution is 7.24. The van der Waals surface area contributed by atoms with E-state index in [2.05, 4.69) is 4.98 Å². The van der Waals surface area contributed by atoms with Crippen LogP contribution in [-0.2, 0) is 6.42 Å². The zero-order valence-corrected chi connectivity index (χ0v) is 40.5. The number of carbonyl (C=O) groups is 2. The summed E-state index contributed by atoms with van der Waals surface area (Å²) in [5, 5.41) is 4.40. The smallest absolute Gasteiger partial charge is 0.200 e. The molecule has 13 aromatic rings. The summed E-state index contributed by atoms with van der Waals surface area (Å²) in [5.74, 6) is 0.309. The van der Waals surface area contributed by atoms with E-state index in [1.165, 1.54) is 0 Å². The number of nitrogens with one attached hydrogen (secondary N) is 1. The third kappa shape index (κ3) is 9.13. The van der Waals surface area contributed by atoms with Gasteiger partial charge < -0.3 is 9.40 Å². The lowest BCUT2D eigenvalue weighted by Crippen LogP contribution is -2.14. The van der Waals surface area contributed by atoms with Gasteiger partial charge in [-0.25, -0.2) is 0 Å². The molecular formula is C66H43NO6S. The quantitative estimate of drug-likeness (QED) is 0.151. The number of ketones is 2. The van der Waals surface area contributed by atoms with E-state index in [0.717, 1.165) is 92.9 Å². The monoisotopic (exact) mass is 977 g/mol. The van der Waals surface area contributed by atoms with Crippen LogP contribution in [0.2, 0.25) is 0 Å². The lowest BCUT2D eigenvalue weighted by Gasteiger charge is -2.17. The fourth-order valence-corrected chi connectivity index (χ4v) is 10.6. The topological polar surface area (TPSA) is 114 Å². The Morgan fingerprint density at radius 1 is 0.297 bits per heavy atom. The molecule has 0 aliphatic heterocycles. The third-order valence-corrected chi connectivity index (χ3v) is 14.3. The fraction of sp³-hybridized carbons (Fsp3) is 0.0152. The zero-order chi connectivity index (χ0) is 50.5. The Balaban J connectivity index is 0.0000000993. The molecule has 0 saturated carbocycles. The molecule has 0 radical (unpaired) electrons. The van der Waals surface area contributed by atoms with Gasteiger partial charge in [-0.3, -0.25) is 24.0 Å². The first-order valence-corrected chi connectivity index (χ1v) is 24.9. The average molecular weight is 978 g/mol. The number of H-pyrrole nitrogens is 1. The molecule has 7 nitrogen and oxygen atoms in total. The van der Waals surface area contributed by atoms with Gasteiger partial charge in [0, 0.05) is 64.2 Å². The summed E-state index contributed by atoms with van der Waals surface area (Å²) in [4.78, 5) is 63.4. The first-order valence-electron chi connectivity index (χ1n) is 24.1. The van der Waals surface area contributed by atoms with E-state index in [4.69, 9.17) is 4.42 Å². The Hall–Kier alpha value is -9.63. The highest BCUT2D eigenvalue weighted by Crippen LogP contribution is 2.36. The molecule has 74 heavy (non-hydrogen) atoms. The SMILES string of the molecule is O=C1c2ccccc2-c2ccccc21.O=C1c2ccccc2Cc2ccccc21.O=c1c2ccccc2[nH]c2ccccc12.O=c1c2ccccc2oc2ccccc12.O=c1c2ccccc2sc2ccccc12. The van der Waals surface area contributed by atoms with Crippen molar-refractivity contribution in [1.82, 2.24) is 4.98 Å². The Kier molecular flexibility index (Phi) is 13.0. The van der Waals surface area contributed by atoms with E-state index >= 15 is 0 Å². The maximum Gasteiger partial charge on any atom is 0.200 e. The van der Waals surface area contributed by atoms with Crippen LogP contribution in [0.5, 0.6) is 0 Å². The van der Waals surface area contributed by atoms with Crippen LogP contribution in [-0.4, -0.2) is 16.6 Å². The second-order valence-corrected chi connectivity index (χ2v) is 18.7.